The van der Waals surface area contributed by atoms with Gasteiger partial charge in [-0.3, -0.25) is 27.5 Å². The van der Waals surface area contributed by atoms with Gasteiger partial charge < -0.3 is 9.47 Å². The van der Waals surface area contributed by atoms with E-state index in [9.17, 15) is 9.59 Å². The molecule has 16 heteroatoms. The number of carbonyl (C=O) groups excluding carboxylic acids is 2. The van der Waals surface area contributed by atoms with E-state index in [-0.39, 0.29) is 63.6 Å². The van der Waals surface area contributed by atoms with Crippen molar-refractivity contribution in [3.8, 4) is 45.0 Å². The van der Waals surface area contributed by atoms with Gasteiger partial charge in [0.25, 0.3) is 0 Å². The number of ether oxygens (including phenoxy) is 2. The van der Waals surface area contributed by atoms with Crippen LogP contribution < -0.4 is 9.13 Å². The maximum absolute atomic E-state index is 16.2. The number of hydrogen-bond acceptors (Lipinski definition) is 6. The fraction of sp³-hybridized carbons (Fsp3) is 0.393. The average molecular weight is 1390 g/mol. The van der Waals surface area contributed by atoms with Gasteiger partial charge in [0.05, 0.1) is 47.6 Å². The van der Waals surface area contributed by atoms with Gasteiger partial charge in [-0.1, -0.05) is 123 Å². The number of carbonyl (C=O) groups is 2. The molecule has 8 nitrogen and oxygen atoms in total. The fourth-order valence-corrected chi connectivity index (χ4v) is 7.38. The molecule has 6 rings (SSSR count). The van der Waals surface area contributed by atoms with Gasteiger partial charge in [-0.25, -0.2) is 18.7 Å². The number of pyridine rings is 4. The third-order valence-corrected chi connectivity index (χ3v) is 11.8. The molecule has 2 aromatic carbocycles. The van der Waals surface area contributed by atoms with E-state index in [0.717, 1.165) is 43.2 Å². The Bertz CT molecular complexity index is 2740. The first-order valence-electron chi connectivity index (χ1n) is 23.5. The second-order valence-corrected chi connectivity index (χ2v) is 19.0. The molecule has 0 aliphatic heterocycles. The number of aromatic nitrogens is 4. The standard InChI is InChI=1S/C34H44F2N2O2.C22H20F2N2O2.2ClH.2Pt/c1-10-12-13-22(11-2)21-40-32(39)29-30(35)25(27-18-23(14-16-37-27)33(3,4)5)20-26(31(29)36)28-19-24(34(6,7)8)15-17-38(28)9;1-3-4-13-28-22(27)19-20(23)15(17-9-5-7-11-25-17)14-16(21(19)24)18-10-6-8-12-26(18)2;;;;/h14-19,22H,10-13,21H2,1-9H3;5-12H,3-4,13H2,1-2H3;2*1H;;/q;;;;2*+2/p-2. The first-order chi connectivity index (χ1) is 34.2. The fourth-order valence-electron chi connectivity index (χ4n) is 7.38. The summed E-state index contributed by atoms with van der Waals surface area (Å²) < 4.78 is 76.8. The average Bonchev–Trinajstić information content (AvgIpc) is 3.36. The number of halogens is 6. The van der Waals surface area contributed by atoms with Crippen LogP contribution in [-0.4, -0.2) is 35.1 Å². The van der Waals surface area contributed by atoms with E-state index in [1.165, 1.54) is 6.20 Å². The van der Waals surface area contributed by atoms with Crippen molar-refractivity contribution in [2.24, 2.45) is 20.0 Å². The molecule has 0 aliphatic rings. The molecule has 4 aromatic heterocycles. The van der Waals surface area contributed by atoms with Crippen molar-refractivity contribution in [2.75, 3.05) is 13.2 Å². The van der Waals surface area contributed by atoms with Gasteiger partial charge >= 0.3 is 68.3 Å². The van der Waals surface area contributed by atoms with Crippen LogP contribution in [0.25, 0.3) is 45.0 Å². The Kier molecular flexibility index (Phi) is 25.4. The van der Waals surface area contributed by atoms with E-state index in [0.29, 0.717) is 17.8 Å². The van der Waals surface area contributed by atoms with Crippen molar-refractivity contribution < 1.29 is 83.3 Å². The normalized spacial score (nSPS) is 11.5. The molecule has 0 saturated heterocycles. The molecule has 0 spiro atoms. The first kappa shape index (κ1) is 62.0. The van der Waals surface area contributed by atoms with E-state index in [4.69, 9.17) is 9.47 Å². The molecule has 1 unspecified atom stereocenters. The van der Waals surface area contributed by atoms with E-state index in [1.807, 2.05) is 59.0 Å². The molecule has 392 valence electrons. The monoisotopic (exact) mass is 1390 g/mol. The Morgan fingerprint density at radius 1 is 0.625 bits per heavy atom. The number of nitrogens with zero attached hydrogens (tertiary/aromatic N) is 4. The van der Waals surface area contributed by atoms with Crippen molar-refractivity contribution >= 4 is 30.8 Å². The minimum atomic E-state index is -1.03. The molecule has 72 heavy (non-hydrogen) atoms. The molecule has 0 fully saturated rings. The SMILES string of the molecule is CCCCC(CC)COC(=O)c1c(F)c(-c2cc(C(C)(C)C)ccn2)[c-]c(-c2cc(C(C)(C)C)cc[n+]2C)c1F.CCCCOC(=O)c1c(F)c(-c2ccccn2)[c-]c(-c2cccc[n+]2C)c1F.[Cl][Pt+].[Cl][Pt+]. The van der Waals surface area contributed by atoms with E-state index in [1.54, 1.807) is 116 Å². The van der Waals surface area contributed by atoms with Crippen LogP contribution in [0, 0.1) is 41.3 Å². The summed E-state index contributed by atoms with van der Waals surface area (Å²) in [5, 5.41) is 0. The quantitative estimate of drug-likeness (QED) is 0.0335. The zero-order chi connectivity index (χ0) is 53.9. The number of aryl methyl sites for hydroxylation is 2. The summed E-state index contributed by atoms with van der Waals surface area (Å²) in [6.45, 7) is 18.6. The third-order valence-electron chi connectivity index (χ3n) is 11.8. The van der Waals surface area contributed by atoms with Gasteiger partial charge in [0, 0.05) is 35.9 Å². The number of rotatable bonds is 15. The Morgan fingerprint density at radius 2 is 1.14 bits per heavy atom. The maximum atomic E-state index is 16.2. The number of unbranched alkanes of at least 4 members (excludes halogenated alkanes) is 2. The summed E-state index contributed by atoms with van der Waals surface area (Å²) >= 11 is 3.22. The molecule has 0 aliphatic carbocycles. The van der Waals surface area contributed by atoms with Gasteiger partial charge in [0.15, 0.2) is 23.8 Å². The van der Waals surface area contributed by atoms with Gasteiger partial charge in [0.1, 0.15) is 14.1 Å². The topological polar surface area (TPSA) is 86.1 Å². The molecular weight excluding hydrogens is 1330 g/mol. The minimum absolute atomic E-state index is 0.00191. The number of esters is 2. The second-order valence-electron chi connectivity index (χ2n) is 19.0. The molecule has 0 saturated carbocycles. The van der Waals surface area contributed by atoms with Crippen molar-refractivity contribution in [1.29, 1.82) is 0 Å². The Morgan fingerprint density at radius 3 is 1.68 bits per heavy atom. The van der Waals surface area contributed by atoms with Gasteiger partial charge in [0.2, 0.25) is 0 Å². The summed E-state index contributed by atoms with van der Waals surface area (Å²) in [6, 6.07) is 23.3. The number of hydrogen-bond donors (Lipinski definition) is 0. The van der Waals surface area contributed by atoms with Crippen molar-refractivity contribution in [3.05, 3.63) is 143 Å². The predicted octanol–water partition coefficient (Wildman–Crippen LogP) is 13.9. The van der Waals surface area contributed by atoms with Crippen molar-refractivity contribution in [2.45, 2.75) is 112 Å². The van der Waals surface area contributed by atoms with Crippen LogP contribution in [0.3, 0.4) is 0 Å². The van der Waals surface area contributed by atoms with Crippen LogP contribution in [0.1, 0.15) is 133 Å². The summed E-state index contributed by atoms with van der Waals surface area (Å²) in [5.41, 5.74) is 1.32. The van der Waals surface area contributed by atoms with Crippen LogP contribution in [-0.2, 0) is 71.9 Å². The Hall–Kier alpha value is -4.34. The van der Waals surface area contributed by atoms with Crippen LogP contribution in [0.4, 0.5) is 17.6 Å². The summed E-state index contributed by atoms with van der Waals surface area (Å²) in [7, 11) is 12.7. The molecule has 0 bridgehead atoms. The van der Waals surface area contributed by atoms with E-state index >= 15 is 17.6 Å². The van der Waals surface area contributed by atoms with Crippen LogP contribution >= 0.6 is 18.8 Å². The second kappa shape index (κ2) is 29.5. The van der Waals surface area contributed by atoms with Crippen LogP contribution in [0.2, 0.25) is 0 Å². The summed E-state index contributed by atoms with van der Waals surface area (Å²) in [4.78, 5) is 34.3. The van der Waals surface area contributed by atoms with Crippen molar-refractivity contribution in [3.63, 3.8) is 0 Å². The molecule has 4 heterocycles. The third kappa shape index (κ3) is 16.3. The number of benzene rings is 2. The van der Waals surface area contributed by atoms with E-state index in [2.05, 4.69) is 68.6 Å². The van der Waals surface area contributed by atoms with Crippen LogP contribution in [0.5, 0.6) is 0 Å². The molecule has 0 radical (unpaired) electrons. The Labute approximate surface area is 454 Å². The first-order valence-corrected chi connectivity index (χ1v) is 29.2. The van der Waals surface area contributed by atoms with E-state index < -0.39 is 46.3 Å². The Balaban J connectivity index is 0.000000374. The van der Waals surface area contributed by atoms with Gasteiger partial charge in [-0.2, -0.15) is 0 Å². The molecule has 0 N–H and O–H groups in total. The van der Waals surface area contributed by atoms with Crippen LogP contribution in [0.15, 0.2) is 85.5 Å². The molecule has 6 aromatic rings. The zero-order valence-electron chi connectivity index (χ0n) is 42.6. The summed E-state index contributed by atoms with van der Waals surface area (Å²) in [5.74, 6) is -5.93. The summed E-state index contributed by atoms with van der Waals surface area (Å²) in [6.07, 6.45) is 11.8. The predicted molar refractivity (Wildman–Crippen MR) is 268 cm³/mol. The molecular formula is C56H64Cl2F4N4O4Pt2+2. The molecule has 1 atom stereocenters. The molecule has 0 amide bonds. The van der Waals surface area contributed by atoms with Gasteiger partial charge in [-0.15, -0.1) is 12.1 Å². The van der Waals surface area contributed by atoms with Gasteiger partial charge in [-0.05, 0) is 76.1 Å². The van der Waals surface area contributed by atoms with Crippen molar-refractivity contribution in [1.82, 2.24) is 9.97 Å². The zero-order valence-corrected chi connectivity index (χ0v) is 48.7.